The number of rotatable bonds is 5. The van der Waals surface area contributed by atoms with Crippen molar-refractivity contribution in [1.29, 1.82) is 0 Å². The highest BCUT2D eigenvalue weighted by atomic mass is 32.2. The summed E-state index contributed by atoms with van der Waals surface area (Å²) in [6.45, 7) is 11.6. The van der Waals surface area contributed by atoms with Crippen LogP contribution in [-0.4, -0.2) is 58.7 Å². The van der Waals surface area contributed by atoms with Gasteiger partial charge < -0.3 is 15.3 Å². The maximum atomic E-state index is 10.1. The van der Waals surface area contributed by atoms with Crippen molar-refractivity contribution in [2.24, 2.45) is 4.99 Å². The van der Waals surface area contributed by atoms with Gasteiger partial charge in [0.1, 0.15) is 0 Å². The fourth-order valence-corrected chi connectivity index (χ4v) is 3.12. The molecule has 0 amide bonds. The van der Waals surface area contributed by atoms with E-state index in [1.54, 1.807) is 0 Å². The molecule has 0 saturated carbocycles. The van der Waals surface area contributed by atoms with Crippen LogP contribution in [-0.2, 0) is 0 Å². The lowest BCUT2D eigenvalue weighted by molar-refractivity contribution is 0.0654. The Bertz CT molecular complexity index is 294. The van der Waals surface area contributed by atoms with Crippen LogP contribution in [0.3, 0.4) is 0 Å². The highest BCUT2D eigenvalue weighted by molar-refractivity contribution is 8.00. The number of guanidine groups is 1. The number of hydrogen-bond acceptors (Lipinski definition) is 3. The highest BCUT2D eigenvalue weighted by Crippen LogP contribution is 2.21. The summed E-state index contributed by atoms with van der Waals surface area (Å²) < 4.78 is 0. The van der Waals surface area contributed by atoms with Gasteiger partial charge in [0.15, 0.2) is 5.96 Å². The van der Waals surface area contributed by atoms with E-state index in [1.165, 1.54) is 6.42 Å². The lowest BCUT2D eigenvalue weighted by Gasteiger charge is -2.34. The van der Waals surface area contributed by atoms with E-state index >= 15 is 0 Å². The normalized spacial score (nSPS) is 24.2. The second-order valence-corrected chi connectivity index (χ2v) is 6.78. The van der Waals surface area contributed by atoms with Crippen LogP contribution >= 0.6 is 11.8 Å². The van der Waals surface area contributed by atoms with Crippen molar-refractivity contribution in [3.63, 3.8) is 0 Å². The van der Waals surface area contributed by atoms with Gasteiger partial charge in [-0.05, 0) is 26.7 Å². The van der Waals surface area contributed by atoms with E-state index < -0.39 is 5.60 Å². The van der Waals surface area contributed by atoms with Crippen LogP contribution in [0.5, 0.6) is 0 Å². The minimum absolute atomic E-state index is 0.465. The molecule has 1 fully saturated rings. The second-order valence-electron chi connectivity index (χ2n) is 5.37. The van der Waals surface area contributed by atoms with Crippen molar-refractivity contribution in [3.05, 3.63) is 0 Å². The zero-order valence-electron chi connectivity index (χ0n) is 12.8. The first-order chi connectivity index (χ1) is 9.02. The molecule has 0 spiro atoms. The molecule has 1 aliphatic rings. The standard InChI is InChI=1S/C14H29N3OS/c1-5-12-10-17(8-9-19-12)13(15-7-3)16-11-14(4,18)6-2/h12,18H,5-11H2,1-4H3,(H,15,16). The predicted molar refractivity (Wildman–Crippen MR) is 85.0 cm³/mol. The molecule has 0 aliphatic carbocycles. The van der Waals surface area contributed by atoms with Crippen molar-refractivity contribution in [2.45, 2.75) is 51.4 Å². The van der Waals surface area contributed by atoms with Crippen LogP contribution < -0.4 is 5.32 Å². The molecular formula is C14H29N3OS. The Balaban J connectivity index is 2.67. The Kier molecular flexibility index (Phi) is 7.00. The summed E-state index contributed by atoms with van der Waals surface area (Å²) in [5, 5.41) is 14.1. The summed E-state index contributed by atoms with van der Waals surface area (Å²) in [5.74, 6) is 2.11. The van der Waals surface area contributed by atoms with Crippen LogP contribution in [0, 0.1) is 0 Å². The number of nitrogens with zero attached hydrogens (tertiary/aromatic N) is 2. The Hall–Kier alpha value is -0.420. The average molecular weight is 287 g/mol. The molecule has 19 heavy (non-hydrogen) atoms. The summed E-state index contributed by atoms with van der Waals surface area (Å²) in [6.07, 6.45) is 1.93. The number of nitrogens with one attached hydrogen (secondary N) is 1. The van der Waals surface area contributed by atoms with Gasteiger partial charge in [0.2, 0.25) is 0 Å². The van der Waals surface area contributed by atoms with E-state index in [1.807, 2.05) is 13.8 Å². The third-order valence-electron chi connectivity index (χ3n) is 3.56. The SMILES string of the molecule is CCNC(=NCC(C)(O)CC)N1CCSC(CC)C1. The van der Waals surface area contributed by atoms with Crippen LogP contribution in [0.1, 0.15) is 40.5 Å². The van der Waals surface area contributed by atoms with Gasteiger partial charge in [0.05, 0.1) is 12.1 Å². The molecule has 2 unspecified atom stereocenters. The predicted octanol–water partition coefficient (Wildman–Crippen LogP) is 1.94. The zero-order valence-corrected chi connectivity index (χ0v) is 13.6. The fourth-order valence-electron chi connectivity index (χ4n) is 1.94. The summed E-state index contributed by atoms with van der Waals surface area (Å²) in [4.78, 5) is 6.95. The van der Waals surface area contributed by atoms with Gasteiger partial charge in [-0.25, -0.2) is 0 Å². The molecule has 1 heterocycles. The van der Waals surface area contributed by atoms with Crippen LogP contribution in [0.25, 0.3) is 0 Å². The van der Waals surface area contributed by atoms with E-state index in [-0.39, 0.29) is 0 Å². The molecule has 4 nitrogen and oxygen atoms in total. The number of thioether (sulfide) groups is 1. The third kappa shape index (κ3) is 5.61. The van der Waals surface area contributed by atoms with Gasteiger partial charge in [0, 0.05) is 30.6 Å². The van der Waals surface area contributed by atoms with Crippen molar-refractivity contribution < 1.29 is 5.11 Å². The molecule has 1 aliphatic heterocycles. The topological polar surface area (TPSA) is 47.9 Å². The quantitative estimate of drug-likeness (QED) is 0.599. The van der Waals surface area contributed by atoms with E-state index in [2.05, 4.69) is 40.8 Å². The lowest BCUT2D eigenvalue weighted by Crippen LogP contribution is -2.48. The molecule has 112 valence electrons. The maximum Gasteiger partial charge on any atom is 0.194 e. The highest BCUT2D eigenvalue weighted by Gasteiger charge is 2.23. The Morgan fingerprint density at radius 2 is 2.21 bits per heavy atom. The van der Waals surface area contributed by atoms with Gasteiger partial charge in [0.25, 0.3) is 0 Å². The Labute approximate surface area is 122 Å². The first-order valence-corrected chi connectivity index (χ1v) is 8.44. The lowest BCUT2D eigenvalue weighted by atomic mass is 10.1. The van der Waals surface area contributed by atoms with Crippen LogP contribution in [0.2, 0.25) is 0 Å². The molecular weight excluding hydrogens is 258 g/mol. The Morgan fingerprint density at radius 3 is 2.79 bits per heavy atom. The molecule has 2 N–H and O–H groups in total. The van der Waals surface area contributed by atoms with Gasteiger partial charge >= 0.3 is 0 Å². The zero-order chi connectivity index (χ0) is 14.3. The molecule has 5 heteroatoms. The maximum absolute atomic E-state index is 10.1. The van der Waals surface area contributed by atoms with Crippen LogP contribution in [0.4, 0.5) is 0 Å². The molecule has 0 bridgehead atoms. The van der Waals surface area contributed by atoms with Crippen molar-refractivity contribution in [2.75, 3.05) is 31.9 Å². The Morgan fingerprint density at radius 1 is 1.47 bits per heavy atom. The minimum atomic E-state index is -0.699. The molecule has 2 atom stereocenters. The largest absolute Gasteiger partial charge is 0.388 e. The number of aliphatic hydroxyl groups is 1. The molecule has 0 aromatic carbocycles. The first-order valence-electron chi connectivity index (χ1n) is 7.39. The molecule has 1 rings (SSSR count). The van der Waals surface area contributed by atoms with Gasteiger partial charge in [-0.1, -0.05) is 13.8 Å². The summed E-state index contributed by atoms with van der Waals surface area (Å²) in [5.41, 5.74) is -0.699. The van der Waals surface area contributed by atoms with E-state index in [0.717, 1.165) is 37.8 Å². The van der Waals surface area contributed by atoms with Crippen LogP contribution in [0.15, 0.2) is 4.99 Å². The van der Waals surface area contributed by atoms with Gasteiger partial charge in [-0.15, -0.1) is 0 Å². The van der Waals surface area contributed by atoms with Crippen molar-refractivity contribution in [1.82, 2.24) is 10.2 Å². The first kappa shape index (κ1) is 16.6. The summed E-state index contributed by atoms with van der Waals surface area (Å²) in [6, 6.07) is 0. The fraction of sp³-hybridized carbons (Fsp3) is 0.929. The molecule has 0 aromatic heterocycles. The number of hydrogen-bond donors (Lipinski definition) is 2. The van der Waals surface area contributed by atoms with Gasteiger partial charge in [-0.3, -0.25) is 4.99 Å². The summed E-state index contributed by atoms with van der Waals surface area (Å²) >= 11 is 2.06. The second kappa shape index (κ2) is 8.00. The molecule has 1 saturated heterocycles. The minimum Gasteiger partial charge on any atom is -0.388 e. The average Bonchev–Trinajstić information content (AvgIpc) is 2.43. The third-order valence-corrected chi connectivity index (χ3v) is 4.93. The van der Waals surface area contributed by atoms with E-state index in [0.29, 0.717) is 11.8 Å². The number of aliphatic imine (C=N–C) groups is 1. The smallest absolute Gasteiger partial charge is 0.194 e. The van der Waals surface area contributed by atoms with Crippen molar-refractivity contribution >= 4 is 17.7 Å². The van der Waals surface area contributed by atoms with Gasteiger partial charge in [-0.2, -0.15) is 11.8 Å². The van der Waals surface area contributed by atoms with E-state index in [4.69, 9.17) is 0 Å². The monoisotopic (exact) mass is 287 g/mol. The molecule has 0 radical (unpaired) electrons. The van der Waals surface area contributed by atoms with E-state index in [9.17, 15) is 5.11 Å². The molecule has 0 aromatic rings. The summed E-state index contributed by atoms with van der Waals surface area (Å²) in [7, 11) is 0. The van der Waals surface area contributed by atoms with Crippen molar-refractivity contribution in [3.8, 4) is 0 Å².